The number of hydrogen-bond donors (Lipinski definition) is 1. The first kappa shape index (κ1) is 20.5. The SMILES string of the molecule is O=C(C=Cc1cn(-c2ccccc2)nc1-c1ccc2c(c1)OCCO2)Nc1ccc(F)cc1. The van der Waals surface area contributed by atoms with Gasteiger partial charge in [-0.1, -0.05) is 18.2 Å². The predicted octanol–water partition coefficient (Wildman–Crippen LogP) is 5.10. The first-order valence-electron chi connectivity index (χ1n) is 10.5. The Labute approximate surface area is 189 Å². The van der Waals surface area contributed by atoms with Crippen LogP contribution in [0.2, 0.25) is 0 Å². The van der Waals surface area contributed by atoms with Crippen molar-refractivity contribution in [1.82, 2.24) is 9.78 Å². The van der Waals surface area contributed by atoms with Crippen LogP contribution >= 0.6 is 0 Å². The maximum absolute atomic E-state index is 13.1. The highest BCUT2D eigenvalue weighted by molar-refractivity contribution is 6.02. The number of ether oxygens (including phenoxy) is 2. The smallest absolute Gasteiger partial charge is 0.248 e. The van der Waals surface area contributed by atoms with Gasteiger partial charge in [0.25, 0.3) is 0 Å². The van der Waals surface area contributed by atoms with Crippen molar-refractivity contribution in [1.29, 1.82) is 0 Å². The molecule has 3 aromatic carbocycles. The van der Waals surface area contributed by atoms with Gasteiger partial charge in [-0.25, -0.2) is 9.07 Å². The zero-order valence-electron chi connectivity index (χ0n) is 17.6. The van der Waals surface area contributed by atoms with Crippen molar-refractivity contribution in [3.8, 4) is 28.4 Å². The number of rotatable bonds is 5. The van der Waals surface area contributed by atoms with Crippen molar-refractivity contribution in [2.75, 3.05) is 18.5 Å². The molecule has 5 rings (SSSR count). The number of halogens is 1. The van der Waals surface area contributed by atoms with Gasteiger partial charge in [0.1, 0.15) is 24.7 Å². The number of amides is 1. The van der Waals surface area contributed by atoms with Crippen LogP contribution in [0.4, 0.5) is 10.1 Å². The van der Waals surface area contributed by atoms with Crippen LogP contribution in [-0.4, -0.2) is 28.9 Å². The summed E-state index contributed by atoms with van der Waals surface area (Å²) in [7, 11) is 0. The molecular formula is C26H20FN3O3. The van der Waals surface area contributed by atoms with E-state index in [1.54, 1.807) is 10.8 Å². The van der Waals surface area contributed by atoms with Gasteiger partial charge >= 0.3 is 0 Å². The predicted molar refractivity (Wildman–Crippen MR) is 124 cm³/mol. The number of anilines is 1. The lowest BCUT2D eigenvalue weighted by molar-refractivity contribution is -0.111. The van der Waals surface area contributed by atoms with Gasteiger partial charge < -0.3 is 14.8 Å². The van der Waals surface area contributed by atoms with E-state index in [-0.39, 0.29) is 11.7 Å². The van der Waals surface area contributed by atoms with E-state index < -0.39 is 0 Å². The molecule has 0 bridgehead atoms. The summed E-state index contributed by atoms with van der Waals surface area (Å²) < 4.78 is 26.2. The van der Waals surface area contributed by atoms with Gasteiger partial charge in [0.2, 0.25) is 5.91 Å². The van der Waals surface area contributed by atoms with Crippen molar-refractivity contribution >= 4 is 17.7 Å². The number of hydrogen-bond acceptors (Lipinski definition) is 4. The monoisotopic (exact) mass is 441 g/mol. The molecule has 0 fully saturated rings. The first-order valence-corrected chi connectivity index (χ1v) is 10.5. The first-order chi connectivity index (χ1) is 16.2. The maximum atomic E-state index is 13.1. The molecule has 0 spiro atoms. The Bertz CT molecular complexity index is 1310. The second-order valence-corrected chi connectivity index (χ2v) is 7.40. The molecule has 0 saturated heterocycles. The van der Waals surface area contributed by atoms with Gasteiger partial charge in [-0.2, -0.15) is 5.10 Å². The van der Waals surface area contributed by atoms with Gasteiger partial charge in [0.05, 0.1) is 5.69 Å². The molecule has 1 N–H and O–H groups in total. The molecule has 1 aromatic heterocycles. The molecule has 0 atom stereocenters. The minimum atomic E-state index is -0.360. The molecule has 4 aromatic rings. The van der Waals surface area contributed by atoms with Crippen molar-refractivity contribution < 1.29 is 18.7 Å². The molecular weight excluding hydrogens is 421 g/mol. The topological polar surface area (TPSA) is 65.4 Å². The molecule has 1 aliphatic rings. The van der Waals surface area contributed by atoms with Crippen LogP contribution in [-0.2, 0) is 4.79 Å². The highest BCUT2D eigenvalue weighted by atomic mass is 19.1. The normalized spacial score (nSPS) is 12.6. The summed E-state index contributed by atoms with van der Waals surface area (Å²) in [5.41, 5.74) is 3.70. The molecule has 1 amide bonds. The highest BCUT2D eigenvalue weighted by Crippen LogP contribution is 2.35. The summed E-state index contributed by atoms with van der Waals surface area (Å²) in [6.45, 7) is 1.01. The second-order valence-electron chi connectivity index (χ2n) is 7.40. The number of aromatic nitrogens is 2. The number of carbonyl (C=O) groups is 1. The Hall–Kier alpha value is -4.39. The molecule has 0 radical (unpaired) electrons. The number of carbonyl (C=O) groups excluding carboxylic acids is 1. The zero-order valence-corrected chi connectivity index (χ0v) is 17.6. The van der Waals surface area contributed by atoms with Crippen molar-refractivity contribution in [3.63, 3.8) is 0 Å². The van der Waals surface area contributed by atoms with Gasteiger partial charge in [-0.3, -0.25) is 4.79 Å². The average Bonchev–Trinajstić information content (AvgIpc) is 3.29. The molecule has 6 nitrogen and oxygen atoms in total. The number of para-hydroxylation sites is 1. The zero-order chi connectivity index (χ0) is 22.6. The van der Waals surface area contributed by atoms with E-state index in [4.69, 9.17) is 14.6 Å². The summed E-state index contributed by atoms with van der Waals surface area (Å²) >= 11 is 0. The van der Waals surface area contributed by atoms with Gasteiger partial charge in [0.15, 0.2) is 11.5 Å². The van der Waals surface area contributed by atoms with Crippen LogP contribution in [0.15, 0.2) is 85.1 Å². The fourth-order valence-corrected chi connectivity index (χ4v) is 3.52. The highest BCUT2D eigenvalue weighted by Gasteiger charge is 2.16. The maximum Gasteiger partial charge on any atom is 0.248 e. The number of benzene rings is 3. The fourth-order valence-electron chi connectivity index (χ4n) is 3.52. The van der Waals surface area contributed by atoms with Crippen LogP contribution < -0.4 is 14.8 Å². The Morgan fingerprint density at radius 2 is 1.73 bits per heavy atom. The van der Waals surface area contributed by atoms with E-state index in [2.05, 4.69) is 5.32 Å². The lowest BCUT2D eigenvalue weighted by Crippen LogP contribution is -2.15. The molecule has 2 heterocycles. The van der Waals surface area contributed by atoms with E-state index in [9.17, 15) is 9.18 Å². The third-order valence-electron chi connectivity index (χ3n) is 5.10. The molecule has 164 valence electrons. The van der Waals surface area contributed by atoms with Gasteiger partial charge in [-0.15, -0.1) is 0 Å². The van der Waals surface area contributed by atoms with Crippen LogP contribution in [0.5, 0.6) is 11.5 Å². The van der Waals surface area contributed by atoms with E-state index in [1.807, 2.05) is 54.7 Å². The lowest BCUT2D eigenvalue weighted by atomic mass is 10.1. The summed E-state index contributed by atoms with van der Waals surface area (Å²) in [4.78, 5) is 12.4. The Kier molecular flexibility index (Phi) is 5.59. The second kappa shape index (κ2) is 9.00. The standard InChI is InChI=1S/C26H20FN3O3/c27-20-8-10-21(11-9-20)28-25(31)13-7-19-17-30(22-4-2-1-3-5-22)29-26(19)18-6-12-23-24(16-18)33-15-14-32-23/h1-13,16-17H,14-15H2,(H,28,31). The fraction of sp³-hybridized carbons (Fsp3) is 0.0769. The molecule has 33 heavy (non-hydrogen) atoms. The van der Waals surface area contributed by atoms with E-state index in [0.29, 0.717) is 36.1 Å². The van der Waals surface area contributed by atoms with Crippen molar-refractivity contribution in [2.45, 2.75) is 0 Å². The van der Waals surface area contributed by atoms with E-state index in [1.165, 1.54) is 30.3 Å². The summed E-state index contributed by atoms with van der Waals surface area (Å²) in [5, 5.41) is 7.49. The lowest BCUT2D eigenvalue weighted by Gasteiger charge is -2.18. The number of nitrogens with zero attached hydrogens (tertiary/aromatic N) is 2. The largest absolute Gasteiger partial charge is 0.486 e. The minimum absolute atomic E-state index is 0.331. The Morgan fingerprint density at radius 1 is 0.970 bits per heavy atom. The van der Waals surface area contributed by atoms with Crippen molar-refractivity contribution in [3.05, 3.63) is 96.4 Å². The summed E-state index contributed by atoms with van der Waals surface area (Å²) in [6.07, 6.45) is 5.00. The van der Waals surface area contributed by atoms with Crippen LogP contribution in [0.1, 0.15) is 5.56 Å². The molecule has 7 heteroatoms. The molecule has 0 unspecified atom stereocenters. The summed E-state index contributed by atoms with van der Waals surface area (Å²) in [6, 6.07) is 21.0. The van der Waals surface area contributed by atoms with Gasteiger partial charge in [-0.05, 0) is 60.7 Å². The molecule has 0 saturated carbocycles. The van der Waals surface area contributed by atoms with Crippen LogP contribution in [0.25, 0.3) is 23.0 Å². The van der Waals surface area contributed by atoms with E-state index in [0.717, 1.165) is 16.8 Å². The number of fused-ring (bicyclic) bond motifs is 1. The molecule has 1 aliphatic heterocycles. The van der Waals surface area contributed by atoms with Crippen LogP contribution in [0.3, 0.4) is 0 Å². The Morgan fingerprint density at radius 3 is 2.52 bits per heavy atom. The van der Waals surface area contributed by atoms with E-state index >= 15 is 0 Å². The third kappa shape index (κ3) is 4.62. The summed E-state index contributed by atoms with van der Waals surface area (Å²) in [5.74, 6) is 0.670. The Balaban J connectivity index is 1.47. The number of nitrogens with one attached hydrogen (secondary N) is 1. The third-order valence-corrected chi connectivity index (χ3v) is 5.10. The van der Waals surface area contributed by atoms with Crippen LogP contribution in [0, 0.1) is 5.82 Å². The average molecular weight is 441 g/mol. The minimum Gasteiger partial charge on any atom is -0.486 e. The van der Waals surface area contributed by atoms with Crippen molar-refractivity contribution in [2.24, 2.45) is 0 Å². The molecule has 0 aliphatic carbocycles. The quantitative estimate of drug-likeness (QED) is 0.438. The van der Waals surface area contributed by atoms with Gasteiger partial charge in [0, 0.05) is 29.1 Å².